The molecule has 0 N–H and O–H groups in total. The Bertz CT molecular complexity index is 621. The quantitative estimate of drug-likeness (QED) is 0.780. The summed E-state index contributed by atoms with van der Waals surface area (Å²) in [6.07, 6.45) is 2.38. The molecule has 0 radical (unpaired) electrons. The smallest absolute Gasteiger partial charge is 0.123 e. The van der Waals surface area contributed by atoms with Crippen LogP contribution in [0.4, 0.5) is 4.39 Å². The Hall–Kier alpha value is -1.71. The Morgan fingerprint density at radius 3 is 2.38 bits per heavy atom. The average molecular weight is 326 g/mol. The van der Waals surface area contributed by atoms with Gasteiger partial charge in [0.25, 0.3) is 0 Å². The normalized spacial score (nSPS) is 16.6. The highest BCUT2D eigenvalue weighted by Gasteiger charge is 2.23. The van der Waals surface area contributed by atoms with E-state index in [1.165, 1.54) is 24.5 Å². The molecule has 0 aromatic heterocycles. The zero-order valence-corrected chi connectivity index (χ0v) is 14.5. The minimum Gasteiger partial charge on any atom is -0.299 e. The van der Waals surface area contributed by atoms with Crippen molar-refractivity contribution in [3.8, 4) is 0 Å². The fourth-order valence-corrected chi connectivity index (χ4v) is 3.65. The van der Waals surface area contributed by atoms with E-state index in [2.05, 4.69) is 47.1 Å². The van der Waals surface area contributed by atoms with Crippen LogP contribution < -0.4 is 0 Å². The van der Waals surface area contributed by atoms with Gasteiger partial charge in [-0.2, -0.15) is 0 Å². The number of benzene rings is 2. The van der Waals surface area contributed by atoms with Crippen LogP contribution >= 0.6 is 0 Å². The van der Waals surface area contributed by atoms with Gasteiger partial charge in [0.2, 0.25) is 0 Å². The summed E-state index contributed by atoms with van der Waals surface area (Å²) in [5, 5.41) is 0. The molecule has 3 rings (SSSR count). The number of hydrogen-bond donors (Lipinski definition) is 0. The molecule has 0 aliphatic carbocycles. The molecular weight excluding hydrogens is 299 g/mol. The van der Waals surface area contributed by atoms with Crippen LogP contribution in [-0.4, -0.2) is 35.5 Å². The van der Waals surface area contributed by atoms with E-state index in [1.807, 2.05) is 6.07 Å². The molecule has 0 amide bonds. The molecule has 1 fully saturated rings. The Kier molecular flexibility index (Phi) is 6.00. The van der Waals surface area contributed by atoms with E-state index in [0.717, 1.165) is 38.3 Å². The van der Waals surface area contributed by atoms with Crippen molar-refractivity contribution in [3.05, 3.63) is 71.5 Å². The number of rotatable bonds is 6. The van der Waals surface area contributed by atoms with Crippen LogP contribution in [0, 0.1) is 5.82 Å². The number of likely N-dealkylation sites (tertiary alicyclic amines) is 1. The number of piperidine rings is 1. The number of nitrogens with zero attached hydrogens (tertiary/aromatic N) is 2. The summed E-state index contributed by atoms with van der Waals surface area (Å²) in [6, 6.07) is 18.4. The molecule has 0 unspecified atom stereocenters. The molecule has 0 saturated carbocycles. The molecular formula is C21H27FN2. The van der Waals surface area contributed by atoms with Gasteiger partial charge >= 0.3 is 0 Å². The molecule has 24 heavy (non-hydrogen) atoms. The largest absolute Gasteiger partial charge is 0.299 e. The Labute approximate surface area is 144 Å². The lowest BCUT2D eigenvalue weighted by Crippen LogP contribution is -2.44. The Morgan fingerprint density at radius 1 is 1.00 bits per heavy atom. The van der Waals surface area contributed by atoms with E-state index >= 15 is 0 Å². The molecule has 1 aliphatic rings. The van der Waals surface area contributed by atoms with Crippen molar-refractivity contribution in [2.75, 3.05) is 19.6 Å². The summed E-state index contributed by atoms with van der Waals surface area (Å²) >= 11 is 0. The third kappa shape index (κ3) is 4.65. The van der Waals surface area contributed by atoms with E-state index in [4.69, 9.17) is 0 Å². The van der Waals surface area contributed by atoms with Crippen LogP contribution in [0.25, 0.3) is 0 Å². The third-order valence-electron chi connectivity index (χ3n) is 5.00. The Balaban J connectivity index is 1.52. The SMILES string of the molecule is CCN(Cc1ccccc1)C1CCN(Cc2cccc(F)c2)CC1. The van der Waals surface area contributed by atoms with Crippen molar-refractivity contribution in [1.29, 1.82) is 0 Å². The van der Waals surface area contributed by atoms with Crippen LogP contribution in [0.2, 0.25) is 0 Å². The summed E-state index contributed by atoms with van der Waals surface area (Å²) in [4.78, 5) is 5.04. The van der Waals surface area contributed by atoms with Crippen LogP contribution in [0.3, 0.4) is 0 Å². The lowest BCUT2D eigenvalue weighted by Gasteiger charge is -2.38. The van der Waals surface area contributed by atoms with Crippen molar-refractivity contribution in [3.63, 3.8) is 0 Å². The standard InChI is InChI=1S/C21H27FN2/c1-2-24(17-18-7-4-3-5-8-18)21-11-13-23(14-12-21)16-19-9-6-10-20(22)15-19/h3-10,15,21H,2,11-14,16-17H2,1H3. The molecule has 1 aliphatic heterocycles. The van der Waals surface area contributed by atoms with E-state index < -0.39 is 0 Å². The van der Waals surface area contributed by atoms with Gasteiger partial charge in [0.05, 0.1) is 0 Å². The maximum Gasteiger partial charge on any atom is 0.123 e. The lowest BCUT2D eigenvalue weighted by atomic mass is 10.0. The highest BCUT2D eigenvalue weighted by atomic mass is 19.1. The molecule has 0 bridgehead atoms. The first-order chi connectivity index (χ1) is 11.7. The predicted octanol–water partition coefficient (Wildman–Crippen LogP) is 4.31. The van der Waals surface area contributed by atoms with Gasteiger partial charge in [-0.15, -0.1) is 0 Å². The second kappa shape index (κ2) is 8.41. The summed E-state index contributed by atoms with van der Waals surface area (Å²) < 4.78 is 13.3. The molecule has 1 saturated heterocycles. The molecule has 1 heterocycles. The van der Waals surface area contributed by atoms with Crippen molar-refractivity contribution in [1.82, 2.24) is 9.80 Å². The van der Waals surface area contributed by atoms with Gasteiger partial charge in [-0.1, -0.05) is 49.4 Å². The first-order valence-electron chi connectivity index (χ1n) is 8.99. The fraction of sp³-hybridized carbons (Fsp3) is 0.429. The molecule has 2 aromatic carbocycles. The highest BCUT2D eigenvalue weighted by molar-refractivity contribution is 5.16. The zero-order chi connectivity index (χ0) is 16.8. The predicted molar refractivity (Wildman–Crippen MR) is 97.2 cm³/mol. The summed E-state index contributed by atoms with van der Waals surface area (Å²) in [5.41, 5.74) is 2.46. The average Bonchev–Trinajstić information content (AvgIpc) is 2.61. The second-order valence-electron chi connectivity index (χ2n) is 6.69. The summed E-state index contributed by atoms with van der Waals surface area (Å²) in [5.74, 6) is -0.137. The van der Waals surface area contributed by atoms with Gasteiger partial charge in [-0.3, -0.25) is 9.80 Å². The van der Waals surface area contributed by atoms with Gasteiger partial charge in [-0.25, -0.2) is 4.39 Å². The van der Waals surface area contributed by atoms with Crippen LogP contribution in [0.1, 0.15) is 30.9 Å². The first kappa shape index (κ1) is 17.1. The maximum absolute atomic E-state index is 13.3. The molecule has 2 aromatic rings. The van der Waals surface area contributed by atoms with Crippen molar-refractivity contribution in [2.45, 2.75) is 38.9 Å². The molecule has 0 spiro atoms. The second-order valence-corrected chi connectivity index (χ2v) is 6.69. The van der Waals surface area contributed by atoms with Crippen LogP contribution in [0.5, 0.6) is 0 Å². The van der Waals surface area contributed by atoms with Gasteiger partial charge in [0.15, 0.2) is 0 Å². The Morgan fingerprint density at radius 2 is 1.71 bits per heavy atom. The number of hydrogen-bond acceptors (Lipinski definition) is 2. The maximum atomic E-state index is 13.3. The minimum atomic E-state index is -0.137. The van der Waals surface area contributed by atoms with Crippen LogP contribution in [-0.2, 0) is 13.1 Å². The van der Waals surface area contributed by atoms with E-state index in [1.54, 1.807) is 12.1 Å². The summed E-state index contributed by atoms with van der Waals surface area (Å²) in [6.45, 7) is 7.41. The topological polar surface area (TPSA) is 6.48 Å². The van der Waals surface area contributed by atoms with E-state index in [0.29, 0.717) is 6.04 Å². The number of halogens is 1. The minimum absolute atomic E-state index is 0.137. The molecule has 0 atom stereocenters. The van der Waals surface area contributed by atoms with Gasteiger partial charge in [0.1, 0.15) is 5.82 Å². The lowest BCUT2D eigenvalue weighted by molar-refractivity contribution is 0.103. The van der Waals surface area contributed by atoms with Gasteiger partial charge in [0, 0.05) is 19.1 Å². The van der Waals surface area contributed by atoms with Gasteiger partial charge in [-0.05, 0) is 55.7 Å². The molecule has 3 heteroatoms. The van der Waals surface area contributed by atoms with Crippen LogP contribution in [0.15, 0.2) is 54.6 Å². The monoisotopic (exact) mass is 326 g/mol. The van der Waals surface area contributed by atoms with Crippen molar-refractivity contribution < 1.29 is 4.39 Å². The van der Waals surface area contributed by atoms with Crippen molar-refractivity contribution >= 4 is 0 Å². The third-order valence-corrected chi connectivity index (χ3v) is 5.00. The van der Waals surface area contributed by atoms with E-state index in [9.17, 15) is 4.39 Å². The molecule has 2 nitrogen and oxygen atoms in total. The van der Waals surface area contributed by atoms with E-state index in [-0.39, 0.29) is 5.82 Å². The zero-order valence-electron chi connectivity index (χ0n) is 14.5. The highest BCUT2D eigenvalue weighted by Crippen LogP contribution is 2.20. The van der Waals surface area contributed by atoms with Crippen molar-refractivity contribution in [2.24, 2.45) is 0 Å². The van der Waals surface area contributed by atoms with Gasteiger partial charge < -0.3 is 0 Å². The fourth-order valence-electron chi connectivity index (χ4n) is 3.65. The molecule has 128 valence electrons. The summed E-state index contributed by atoms with van der Waals surface area (Å²) in [7, 11) is 0. The first-order valence-corrected chi connectivity index (χ1v) is 8.99.